The number of halogens is 3. The predicted molar refractivity (Wildman–Crippen MR) is 115 cm³/mol. The van der Waals surface area contributed by atoms with E-state index in [1.165, 1.54) is 12.1 Å². The molecule has 33 heavy (non-hydrogen) atoms. The largest absolute Gasteiger partial charge is 0.433 e. The van der Waals surface area contributed by atoms with Gasteiger partial charge in [-0.05, 0) is 56.9 Å². The van der Waals surface area contributed by atoms with E-state index >= 15 is 0 Å². The number of aromatic nitrogens is 5. The predicted octanol–water partition coefficient (Wildman–Crippen LogP) is 4.71. The van der Waals surface area contributed by atoms with Crippen molar-refractivity contribution in [2.75, 3.05) is 17.2 Å². The smallest absolute Gasteiger partial charge is 0.354 e. The molecule has 3 aromatic heterocycles. The van der Waals surface area contributed by atoms with Gasteiger partial charge in [0.15, 0.2) is 5.82 Å². The number of alkyl halides is 3. The van der Waals surface area contributed by atoms with Crippen LogP contribution in [-0.4, -0.2) is 31.5 Å². The van der Waals surface area contributed by atoms with Gasteiger partial charge in [-0.1, -0.05) is 6.07 Å². The Morgan fingerprint density at radius 1 is 1.03 bits per heavy atom. The van der Waals surface area contributed by atoms with E-state index in [0.29, 0.717) is 23.8 Å². The van der Waals surface area contributed by atoms with Gasteiger partial charge in [-0.3, -0.25) is 4.98 Å². The minimum absolute atomic E-state index is 0.00327. The summed E-state index contributed by atoms with van der Waals surface area (Å²) in [5.41, 5.74) is -0.729. The van der Waals surface area contributed by atoms with Crippen molar-refractivity contribution in [2.45, 2.75) is 38.3 Å². The molecule has 0 amide bonds. The van der Waals surface area contributed by atoms with Crippen LogP contribution in [-0.2, 0) is 11.6 Å². The van der Waals surface area contributed by atoms with Gasteiger partial charge < -0.3 is 10.6 Å². The lowest BCUT2D eigenvalue weighted by atomic mass is 9.91. The number of nitriles is 1. The first-order valence-corrected chi connectivity index (χ1v) is 10.3. The molecule has 2 N–H and O–H groups in total. The third-order valence-electron chi connectivity index (χ3n) is 5.09. The number of nitrogens with zero attached hydrogens (tertiary/aromatic N) is 6. The lowest BCUT2D eigenvalue weighted by Crippen LogP contribution is -2.16. The van der Waals surface area contributed by atoms with E-state index in [1.54, 1.807) is 32.2 Å². The van der Waals surface area contributed by atoms with E-state index in [0.717, 1.165) is 18.9 Å². The fourth-order valence-corrected chi connectivity index (χ4v) is 2.94. The Balaban J connectivity index is 1.69. The van der Waals surface area contributed by atoms with Crippen molar-refractivity contribution >= 4 is 17.6 Å². The molecule has 1 saturated carbocycles. The van der Waals surface area contributed by atoms with Crippen molar-refractivity contribution in [3.8, 4) is 17.6 Å². The molecule has 0 unspecified atom stereocenters. The van der Waals surface area contributed by atoms with Crippen LogP contribution in [0.1, 0.15) is 38.1 Å². The molecular formula is C22H21F3N8. The molecular weight excluding hydrogens is 433 g/mol. The summed E-state index contributed by atoms with van der Waals surface area (Å²) in [7, 11) is 0. The highest BCUT2D eigenvalue weighted by molar-refractivity contribution is 5.59. The van der Waals surface area contributed by atoms with E-state index in [2.05, 4.69) is 41.6 Å². The highest BCUT2D eigenvalue weighted by Gasteiger charge is 2.33. The van der Waals surface area contributed by atoms with Gasteiger partial charge in [-0.2, -0.15) is 33.4 Å². The minimum atomic E-state index is -4.59. The van der Waals surface area contributed by atoms with Crippen molar-refractivity contribution in [2.24, 2.45) is 5.92 Å². The van der Waals surface area contributed by atoms with Crippen molar-refractivity contribution in [3.63, 3.8) is 0 Å². The Hall–Kier alpha value is -3.81. The van der Waals surface area contributed by atoms with E-state index in [9.17, 15) is 18.4 Å². The lowest BCUT2D eigenvalue weighted by Gasteiger charge is -2.16. The molecule has 3 heterocycles. The monoisotopic (exact) mass is 454 g/mol. The maximum absolute atomic E-state index is 13.1. The third-order valence-corrected chi connectivity index (χ3v) is 5.09. The molecule has 1 fully saturated rings. The number of anilines is 3. The zero-order chi connectivity index (χ0) is 23.6. The van der Waals surface area contributed by atoms with Gasteiger partial charge >= 0.3 is 6.18 Å². The first-order valence-electron chi connectivity index (χ1n) is 10.3. The van der Waals surface area contributed by atoms with Crippen LogP contribution in [0.5, 0.6) is 0 Å². The molecule has 0 bridgehead atoms. The van der Waals surface area contributed by atoms with Crippen LogP contribution >= 0.6 is 0 Å². The number of rotatable bonds is 7. The molecule has 0 spiro atoms. The second-order valence-electron chi connectivity index (χ2n) is 8.33. The summed E-state index contributed by atoms with van der Waals surface area (Å²) in [6.45, 7) is 4.16. The second kappa shape index (κ2) is 8.61. The molecule has 0 saturated heterocycles. The molecule has 0 aromatic carbocycles. The van der Waals surface area contributed by atoms with E-state index in [4.69, 9.17) is 0 Å². The molecule has 0 aliphatic heterocycles. The van der Waals surface area contributed by atoms with Crippen molar-refractivity contribution in [1.82, 2.24) is 24.9 Å². The quantitative estimate of drug-likeness (QED) is 0.528. The maximum atomic E-state index is 13.1. The molecule has 0 radical (unpaired) electrons. The zero-order valence-corrected chi connectivity index (χ0v) is 18.0. The van der Waals surface area contributed by atoms with Crippen LogP contribution in [0, 0.1) is 17.2 Å². The Bertz CT molecular complexity index is 1200. The van der Waals surface area contributed by atoms with Gasteiger partial charge in [0.2, 0.25) is 11.9 Å². The Labute approximate surface area is 188 Å². The first-order chi connectivity index (χ1) is 15.6. The summed E-state index contributed by atoms with van der Waals surface area (Å²) in [4.78, 5) is 20.9. The van der Waals surface area contributed by atoms with Crippen molar-refractivity contribution < 1.29 is 13.2 Å². The molecule has 4 rings (SSSR count). The molecule has 11 heteroatoms. The van der Waals surface area contributed by atoms with E-state index in [1.807, 2.05) is 0 Å². The number of hydrogen-bond donors (Lipinski definition) is 2. The molecule has 3 aromatic rings. The summed E-state index contributed by atoms with van der Waals surface area (Å²) >= 11 is 0. The fourth-order valence-electron chi connectivity index (χ4n) is 2.94. The van der Waals surface area contributed by atoms with Gasteiger partial charge in [0.05, 0.1) is 17.2 Å². The average Bonchev–Trinajstić information content (AvgIpc) is 3.62. The molecule has 170 valence electrons. The first kappa shape index (κ1) is 22.4. The van der Waals surface area contributed by atoms with Crippen LogP contribution in [0.15, 0.2) is 36.5 Å². The molecule has 1 aliphatic rings. The maximum Gasteiger partial charge on any atom is 0.433 e. The number of hydrogen-bond acceptors (Lipinski definition) is 8. The molecule has 1 aliphatic carbocycles. The average molecular weight is 454 g/mol. The topological polar surface area (TPSA) is 112 Å². The van der Waals surface area contributed by atoms with Gasteiger partial charge in [0.25, 0.3) is 0 Å². The number of nitrogens with one attached hydrogen (secondary N) is 2. The summed E-state index contributed by atoms with van der Waals surface area (Å²) in [6, 6.07) is 9.15. The Morgan fingerprint density at radius 2 is 1.79 bits per heavy atom. The van der Waals surface area contributed by atoms with Crippen LogP contribution in [0.2, 0.25) is 0 Å². The van der Waals surface area contributed by atoms with Gasteiger partial charge in [0, 0.05) is 18.4 Å². The summed E-state index contributed by atoms with van der Waals surface area (Å²) in [6.07, 6.45) is -0.808. The summed E-state index contributed by atoms with van der Waals surface area (Å²) < 4.78 is 39.4. The summed E-state index contributed by atoms with van der Waals surface area (Å²) in [5, 5.41) is 15.5. The SMILES string of the molecule is CC(C)(C#N)c1cc(Nc2nc(NCC3CC3)nc(-c3cccc(C(F)(F)F)n3)n2)ccn1. The van der Waals surface area contributed by atoms with E-state index < -0.39 is 17.3 Å². The van der Waals surface area contributed by atoms with Crippen molar-refractivity contribution in [1.29, 1.82) is 5.26 Å². The zero-order valence-electron chi connectivity index (χ0n) is 18.0. The minimum Gasteiger partial charge on any atom is -0.354 e. The van der Waals surface area contributed by atoms with E-state index in [-0.39, 0.29) is 23.4 Å². The second-order valence-corrected chi connectivity index (χ2v) is 8.33. The highest BCUT2D eigenvalue weighted by Crippen LogP contribution is 2.31. The fraction of sp³-hybridized carbons (Fsp3) is 0.364. The highest BCUT2D eigenvalue weighted by atomic mass is 19.4. The standard InChI is InChI=1S/C22H21F3N8/c1-21(2,12-26)17-10-14(8-9-27-17)29-20-32-18(31-19(33-20)28-11-13-6-7-13)15-4-3-5-16(30-15)22(23,24)25/h3-5,8-10,13H,6-7,11H2,1-2H3,(H2,27,28,29,31,32,33). The van der Waals surface area contributed by atoms with Crippen LogP contribution in [0.4, 0.5) is 30.8 Å². The third kappa shape index (κ3) is 5.52. The summed E-state index contributed by atoms with van der Waals surface area (Å²) in [5.74, 6) is 0.900. The normalized spacial score (nSPS) is 13.9. The molecule has 0 atom stereocenters. The van der Waals surface area contributed by atoms with Gasteiger partial charge in [-0.15, -0.1) is 0 Å². The molecule has 8 nitrogen and oxygen atoms in total. The number of pyridine rings is 2. The lowest BCUT2D eigenvalue weighted by molar-refractivity contribution is -0.141. The van der Waals surface area contributed by atoms with Crippen LogP contribution in [0.25, 0.3) is 11.5 Å². The van der Waals surface area contributed by atoms with Gasteiger partial charge in [0.1, 0.15) is 11.4 Å². The van der Waals surface area contributed by atoms with Crippen LogP contribution < -0.4 is 10.6 Å². The van der Waals surface area contributed by atoms with Crippen LogP contribution in [0.3, 0.4) is 0 Å². The Kier molecular flexibility index (Phi) is 5.84. The van der Waals surface area contributed by atoms with Crippen molar-refractivity contribution in [3.05, 3.63) is 47.9 Å². The Morgan fingerprint density at radius 3 is 2.48 bits per heavy atom. The van der Waals surface area contributed by atoms with Gasteiger partial charge in [-0.25, -0.2) is 4.98 Å².